The highest BCUT2D eigenvalue weighted by molar-refractivity contribution is 9.11. The molecule has 0 spiro atoms. The van der Waals surface area contributed by atoms with Gasteiger partial charge in [0.15, 0.2) is 0 Å². The van der Waals surface area contributed by atoms with Crippen molar-refractivity contribution in [1.82, 2.24) is 4.90 Å². The van der Waals surface area contributed by atoms with Crippen LogP contribution in [0.15, 0.2) is 45.3 Å². The number of carbonyl (C=O) groups excluding carboxylic acids is 1. The van der Waals surface area contributed by atoms with E-state index in [4.69, 9.17) is 23.2 Å². The number of nitrogens with zero attached hydrogens (tertiary/aromatic N) is 1. The van der Waals surface area contributed by atoms with Crippen LogP contribution in [0.2, 0.25) is 10.0 Å². The van der Waals surface area contributed by atoms with Crippen LogP contribution in [0.3, 0.4) is 0 Å². The summed E-state index contributed by atoms with van der Waals surface area (Å²) in [4.78, 5) is 14.1. The van der Waals surface area contributed by atoms with Gasteiger partial charge in [-0.15, -0.1) is 0 Å². The Morgan fingerprint density at radius 1 is 1.10 bits per heavy atom. The van der Waals surface area contributed by atoms with Gasteiger partial charge in [-0.25, -0.2) is 0 Å². The minimum atomic E-state index is -0.0783. The topological polar surface area (TPSA) is 20.3 Å². The Kier molecular flexibility index (Phi) is 5.72. The van der Waals surface area contributed by atoms with Gasteiger partial charge in [0.1, 0.15) is 0 Å². The van der Waals surface area contributed by atoms with Crippen LogP contribution in [0.25, 0.3) is 0 Å². The highest BCUT2D eigenvalue weighted by Gasteiger charge is 2.15. The SMILES string of the molecule is CN(Cc1cc(Cl)cc(Cl)c1)C(=O)c1ccc(Br)cc1Br. The fourth-order valence-corrected chi connectivity index (χ4v) is 3.70. The molecule has 6 heteroatoms. The minimum absolute atomic E-state index is 0.0783. The Hall–Kier alpha value is -0.550. The summed E-state index contributed by atoms with van der Waals surface area (Å²) in [6.07, 6.45) is 0. The first kappa shape index (κ1) is 16.8. The summed E-state index contributed by atoms with van der Waals surface area (Å²) in [6, 6.07) is 10.7. The average Bonchev–Trinajstić information content (AvgIpc) is 2.36. The summed E-state index contributed by atoms with van der Waals surface area (Å²) >= 11 is 18.7. The van der Waals surface area contributed by atoms with E-state index >= 15 is 0 Å². The summed E-state index contributed by atoms with van der Waals surface area (Å²) in [7, 11) is 1.74. The van der Waals surface area contributed by atoms with E-state index in [1.54, 1.807) is 36.2 Å². The van der Waals surface area contributed by atoms with E-state index in [-0.39, 0.29) is 5.91 Å². The molecule has 0 bridgehead atoms. The molecule has 0 aliphatic carbocycles. The van der Waals surface area contributed by atoms with Crippen LogP contribution in [0.4, 0.5) is 0 Å². The molecule has 21 heavy (non-hydrogen) atoms. The van der Waals surface area contributed by atoms with Crippen LogP contribution < -0.4 is 0 Å². The van der Waals surface area contributed by atoms with Gasteiger partial charge in [-0.1, -0.05) is 39.1 Å². The number of benzene rings is 2. The molecule has 2 nitrogen and oxygen atoms in total. The van der Waals surface area contributed by atoms with Gasteiger partial charge in [0, 0.05) is 32.6 Å². The van der Waals surface area contributed by atoms with Crippen molar-refractivity contribution in [3.05, 3.63) is 66.5 Å². The molecule has 0 saturated carbocycles. The maximum absolute atomic E-state index is 12.5. The van der Waals surface area contributed by atoms with Crippen molar-refractivity contribution >= 4 is 61.0 Å². The van der Waals surface area contributed by atoms with Crippen LogP contribution in [0.1, 0.15) is 15.9 Å². The molecule has 1 amide bonds. The fraction of sp³-hybridized carbons (Fsp3) is 0.133. The van der Waals surface area contributed by atoms with Crippen LogP contribution in [-0.4, -0.2) is 17.9 Å². The molecular formula is C15H11Br2Cl2NO. The van der Waals surface area contributed by atoms with Crippen molar-refractivity contribution in [3.63, 3.8) is 0 Å². The lowest BCUT2D eigenvalue weighted by atomic mass is 10.1. The lowest BCUT2D eigenvalue weighted by molar-refractivity contribution is 0.0784. The first-order chi connectivity index (χ1) is 9.86. The quantitative estimate of drug-likeness (QED) is 0.578. The molecule has 0 radical (unpaired) electrons. The molecule has 0 heterocycles. The third-order valence-corrected chi connectivity index (χ3v) is 4.44. The van der Waals surface area contributed by atoms with E-state index in [2.05, 4.69) is 31.9 Å². The molecule has 0 N–H and O–H groups in total. The Morgan fingerprint density at radius 2 is 1.71 bits per heavy atom. The fourth-order valence-electron chi connectivity index (χ4n) is 1.92. The molecular weight excluding hydrogens is 441 g/mol. The third-order valence-electron chi connectivity index (χ3n) is 2.85. The second-order valence-corrected chi connectivity index (χ2v) is 7.21. The molecule has 0 saturated heterocycles. The summed E-state index contributed by atoms with van der Waals surface area (Å²) in [5.74, 6) is -0.0783. The maximum Gasteiger partial charge on any atom is 0.255 e. The van der Waals surface area contributed by atoms with Crippen molar-refractivity contribution in [2.45, 2.75) is 6.54 Å². The summed E-state index contributed by atoms with van der Waals surface area (Å²) in [6.45, 7) is 0.432. The Labute approximate surface area is 150 Å². The lowest BCUT2D eigenvalue weighted by Crippen LogP contribution is -2.26. The predicted molar refractivity (Wildman–Crippen MR) is 94.1 cm³/mol. The smallest absolute Gasteiger partial charge is 0.255 e. The highest BCUT2D eigenvalue weighted by Crippen LogP contribution is 2.24. The van der Waals surface area contributed by atoms with Gasteiger partial charge in [-0.05, 0) is 57.9 Å². The molecule has 2 aromatic rings. The Morgan fingerprint density at radius 3 is 2.29 bits per heavy atom. The number of amides is 1. The molecule has 110 valence electrons. The highest BCUT2D eigenvalue weighted by atomic mass is 79.9. The van der Waals surface area contributed by atoms with Gasteiger partial charge in [0.2, 0.25) is 0 Å². The van der Waals surface area contributed by atoms with Crippen molar-refractivity contribution in [1.29, 1.82) is 0 Å². The van der Waals surface area contributed by atoms with Crippen LogP contribution in [0, 0.1) is 0 Å². The van der Waals surface area contributed by atoms with Gasteiger partial charge >= 0.3 is 0 Å². The molecule has 2 aromatic carbocycles. The van der Waals surface area contributed by atoms with Crippen molar-refractivity contribution in [2.24, 2.45) is 0 Å². The van der Waals surface area contributed by atoms with Gasteiger partial charge in [0.25, 0.3) is 5.91 Å². The van der Waals surface area contributed by atoms with Crippen molar-refractivity contribution in [2.75, 3.05) is 7.05 Å². The molecule has 0 unspecified atom stereocenters. The summed E-state index contributed by atoms with van der Waals surface area (Å²) < 4.78 is 1.66. The zero-order valence-corrected chi connectivity index (χ0v) is 15.7. The second-order valence-electron chi connectivity index (χ2n) is 4.56. The maximum atomic E-state index is 12.5. The third kappa shape index (κ3) is 4.46. The zero-order valence-electron chi connectivity index (χ0n) is 11.0. The van der Waals surface area contributed by atoms with E-state index in [9.17, 15) is 4.79 Å². The predicted octanol–water partition coefficient (Wildman–Crippen LogP) is 5.79. The molecule has 2 rings (SSSR count). The van der Waals surface area contributed by atoms with Gasteiger partial charge in [-0.3, -0.25) is 4.79 Å². The van der Waals surface area contributed by atoms with E-state index in [0.717, 1.165) is 14.5 Å². The average molecular weight is 452 g/mol. The number of hydrogen-bond acceptors (Lipinski definition) is 1. The van der Waals surface area contributed by atoms with Crippen molar-refractivity contribution in [3.8, 4) is 0 Å². The van der Waals surface area contributed by atoms with Gasteiger partial charge in [-0.2, -0.15) is 0 Å². The number of carbonyl (C=O) groups is 1. The second kappa shape index (κ2) is 7.14. The Bertz CT molecular complexity index is 671. The van der Waals surface area contributed by atoms with E-state index in [1.807, 2.05) is 12.1 Å². The standard InChI is InChI=1S/C15H11Br2Cl2NO/c1-20(8-9-4-11(18)7-12(19)5-9)15(21)13-3-2-10(16)6-14(13)17/h2-7H,8H2,1H3. The monoisotopic (exact) mass is 449 g/mol. The normalized spacial score (nSPS) is 10.5. The lowest BCUT2D eigenvalue weighted by Gasteiger charge is -2.18. The number of hydrogen-bond donors (Lipinski definition) is 0. The molecule has 0 fully saturated rings. The number of rotatable bonds is 3. The van der Waals surface area contributed by atoms with Crippen LogP contribution >= 0.6 is 55.1 Å². The summed E-state index contributed by atoms with van der Waals surface area (Å²) in [5.41, 5.74) is 1.49. The first-order valence-electron chi connectivity index (χ1n) is 6.02. The van der Waals surface area contributed by atoms with E-state index in [1.165, 1.54) is 0 Å². The largest absolute Gasteiger partial charge is 0.337 e. The van der Waals surface area contributed by atoms with Crippen LogP contribution in [0.5, 0.6) is 0 Å². The molecule has 0 aromatic heterocycles. The summed E-state index contributed by atoms with van der Waals surface area (Å²) in [5, 5.41) is 1.12. The first-order valence-corrected chi connectivity index (χ1v) is 8.36. The van der Waals surface area contributed by atoms with Crippen LogP contribution in [-0.2, 0) is 6.54 Å². The van der Waals surface area contributed by atoms with Gasteiger partial charge < -0.3 is 4.90 Å². The zero-order chi connectivity index (χ0) is 15.6. The number of halogens is 4. The molecule has 0 aliphatic heterocycles. The molecule has 0 aliphatic rings. The van der Waals surface area contributed by atoms with Crippen molar-refractivity contribution < 1.29 is 4.79 Å². The van der Waals surface area contributed by atoms with E-state index < -0.39 is 0 Å². The molecule has 0 atom stereocenters. The van der Waals surface area contributed by atoms with Gasteiger partial charge in [0.05, 0.1) is 5.56 Å². The minimum Gasteiger partial charge on any atom is -0.337 e. The Balaban J connectivity index is 2.19. The van der Waals surface area contributed by atoms with E-state index in [0.29, 0.717) is 22.2 Å².